The number of rotatable bonds is 6. The Morgan fingerprint density at radius 1 is 1.17 bits per heavy atom. The zero-order valence-electron chi connectivity index (χ0n) is 16.1. The van der Waals surface area contributed by atoms with E-state index in [1.807, 2.05) is 41.8 Å². The molecule has 6 heteroatoms. The summed E-state index contributed by atoms with van der Waals surface area (Å²) in [6.45, 7) is 2.58. The Morgan fingerprint density at radius 2 is 2.03 bits per heavy atom. The number of hydrogen-bond donors (Lipinski definition) is 1. The fourth-order valence-electron chi connectivity index (χ4n) is 3.95. The second-order valence-corrected chi connectivity index (χ2v) is 8.37. The number of benzene rings is 1. The van der Waals surface area contributed by atoms with Crippen molar-refractivity contribution in [2.24, 2.45) is 5.92 Å². The maximum absolute atomic E-state index is 13.5. The molecule has 1 aromatic carbocycles. The van der Waals surface area contributed by atoms with Gasteiger partial charge in [0.1, 0.15) is 5.82 Å². The van der Waals surface area contributed by atoms with Crippen LogP contribution in [-0.4, -0.2) is 28.9 Å². The highest BCUT2D eigenvalue weighted by Gasteiger charge is 2.30. The summed E-state index contributed by atoms with van der Waals surface area (Å²) in [4.78, 5) is 20.3. The number of carbonyl (C=O) groups excluding carboxylic acids is 1. The third-order valence-corrected chi connectivity index (χ3v) is 6.31. The minimum atomic E-state index is -0.191. The quantitative estimate of drug-likeness (QED) is 0.644. The average Bonchev–Trinajstić information content (AvgIpc) is 3.28. The molecule has 1 atom stereocenters. The Bertz CT molecular complexity index is 924. The van der Waals surface area contributed by atoms with Gasteiger partial charge < -0.3 is 5.32 Å². The van der Waals surface area contributed by atoms with E-state index in [1.165, 1.54) is 17.4 Å². The van der Waals surface area contributed by atoms with Crippen LogP contribution in [0.1, 0.15) is 39.8 Å². The van der Waals surface area contributed by atoms with Crippen LogP contribution in [0.3, 0.4) is 0 Å². The third-order valence-electron chi connectivity index (χ3n) is 5.44. The maximum Gasteiger partial charge on any atom is 0.261 e. The van der Waals surface area contributed by atoms with Gasteiger partial charge in [0.25, 0.3) is 5.91 Å². The van der Waals surface area contributed by atoms with Gasteiger partial charge in [-0.2, -0.15) is 0 Å². The number of carbonyl (C=O) groups is 1. The summed E-state index contributed by atoms with van der Waals surface area (Å²) in [5.41, 5.74) is 1.90. The summed E-state index contributed by atoms with van der Waals surface area (Å²) in [7, 11) is 0. The van der Waals surface area contributed by atoms with E-state index >= 15 is 0 Å². The molecule has 3 aromatic rings. The highest BCUT2D eigenvalue weighted by molar-refractivity contribution is 7.12. The molecule has 1 aliphatic rings. The number of piperidine rings is 1. The van der Waals surface area contributed by atoms with Crippen molar-refractivity contribution in [2.45, 2.75) is 25.4 Å². The van der Waals surface area contributed by atoms with Crippen molar-refractivity contribution >= 4 is 17.2 Å². The molecule has 1 aliphatic heterocycles. The summed E-state index contributed by atoms with van der Waals surface area (Å²) < 4.78 is 13.5. The van der Waals surface area contributed by atoms with Crippen molar-refractivity contribution in [1.29, 1.82) is 0 Å². The molecule has 3 heterocycles. The highest BCUT2D eigenvalue weighted by atomic mass is 32.1. The Balaban J connectivity index is 1.43. The zero-order valence-corrected chi connectivity index (χ0v) is 16.9. The molecule has 1 fully saturated rings. The van der Waals surface area contributed by atoms with E-state index < -0.39 is 0 Å². The second-order valence-electron chi connectivity index (χ2n) is 7.43. The highest BCUT2D eigenvalue weighted by Crippen LogP contribution is 2.31. The predicted octanol–water partition coefficient (Wildman–Crippen LogP) is 4.67. The van der Waals surface area contributed by atoms with Gasteiger partial charge in [-0.05, 0) is 73.1 Å². The Labute approximate surface area is 174 Å². The lowest BCUT2D eigenvalue weighted by Gasteiger charge is -2.36. The number of nitrogens with one attached hydrogen (secondary N) is 1. The maximum atomic E-state index is 13.5. The topological polar surface area (TPSA) is 45.2 Å². The molecule has 0 radical (unpaired) electrons. The van der Waals surface area contributed by atoms with Gasteiger partial charge in [-0.25, -0.2) is 4.39 Å². The van der Waals surface area contributed by atoms with Gasteiger partial charge in [-0.15, -0.1) is 11.3 Å². The van der Waals surface area contributed by atoms with Crippen LogP contribution in [0.2, 0.25) is 0 Å². The van der Waals surface area contributed by atoms with E-state index in [2.05, 4.69) is 15.2 Å². The van der Waals surface area contributed by atoms with Crippen LogP contribution >= 0.6 is 11.3 Å². The van der Waals surface area contributed by atoms with Crippen molar-refractivity contribution in [3.05, 3.63) is 88.1 Å². The van der Waals surface area contributed by atoms with Crippen LogP contribution in [0.4, 0.5) is 4.39 Å². The van der Waals surface area contributed by atoms with Crippen LogP contribution in [0.15, 0.2) is 66.2 Å². The van der Waals surface area contributed by atoms with E-state index in [1.54, 1.807) is 18.3 Å². The Hall–Kier alpha value is -2.57. The molecule has 2 aromatic heterocycles. The zero-order chi connectivity index (χ0) is 20.1. The van der Waals surface area contributed by atoms with Crippen LogP contribution in [0.5, 0.6) is 0 Å². The molecule has 0 spiro atoms. The minimum Gasteiger partial charge on any atom is -0.343 e. The van der Waals surface area contributed by atoms with Crippen LogP contribution in [-0.2, 0) is 6.54 Å². The van der Waals surface area contributed by atoms with Gasteiger partial charge in [0.2, 0.25) is 0 Å². The van der Waals surface area contributed by atoms with Crippen molar-refractivity contribution in [1.82, 2.24) is 15.2 Å². The molecule has 0 saturated carbocycles. The normalized spacial score (nSPS) is 16.4. The number of amides is 1. The Morgan fingerprint density at radius 3 is 2.72 bits per heavy atom. The molecule has 1 amide bonds. The standard InChI is InChI=1S/C23H24FN3OS/c24-19-6-3-5-17(15-19)16-27-12-9-18(10-13-27)22(20-7-1-2-11-25-20)26-23(28)21-8-4-14-29-21/h1-8,11,14-15,18,22H,9-10,12-13,16H2,(H,26,28)/t22-/m0/s1. The number of likely N-dealkylation sites (tertiary alicyclic amines) is 1. The lowest BCUT2D eigenvalue weighted by Crippen LogP contribution is -2.40. The van der Waals surface area contributed by atoms with Gasteiger partial charge in [-0.1, -0.05) is 24.3 Å². The first kappa shape index (κ1) is 19.7. The lowest BCUT2D eigenvalue weighted by atomic mass is 9.87. The van der Waals surface area contributed by atoms with Gasteiger partial charge in [0, 0.05) is 12.7 Å². The summed E-state index contributed by atoms with van der Waals surface area (Å²) in [6.07, 6.45) is 3.70. The molecule has 4 nitrogen and oxygen atoms in total. The molecule has 0 aliphatic carbocycles. The summed E-state index contributed by atoms with van der Waals surface area (Å²) in [5, 5.41) is 5.13. The predicted molar refractivity (Wildman–Crippen MR) is 113 cm³/mol. The molecule has 1 N–H and O–H groups in total. The average molecular weight is 410 g/mol. The van der Waals surface area contributed by atoms with E-state index in [-0.39, 0.29) is 17.8 Å². The lowest BCUT2D eigenvalue weighted by molar-refractivity contribution is 0.0892. The number of pyridine rings is 1. The molecule has 1 saturated heterocycles. The molecular weight excluding hydrogens is 385 g/mol. The number of aromatic nitrogens is 1. The molecular formula is C23H24FN3OS. The van der Waals surface area contributed by atoms with Crippen LogP contribution < -0.4 is 5.32 Å². The minimum absolute atomic E-state index is 0.0437. The van der Waals surface area contributed by atoms with Crippen LogP contribution in [0, 0.1) is 11.7 Å². The van der Waals surface area contributed by atoms with Gasteiger partial charge in [0.15, 0.2) is 0 Å². The Kier molecular flexibility index (Phi) is 6.32. The van der Waals surface area contributed by atoms with Gasteiger partial charge in [0.05, 0.1) is 16.6 Å². The molecule has 4 rings (SSSR count). The van der Waals surface area contributed by atoms with Gasteiger partial charge >= 0.3 is 0 Å². The first-order chi connectivity index (χ1) is 14.2. The van der Waals surface area contributed by atoms with Crippen molar-refractivity contribution < 1.29 is 9.18 Å². The molecule has 0 bridgehead atoms. The van der Waals surface area contributed by atoms with Crippen LogP contribution in [0.25, 0.3) is 0 Å². The smallest absolute Gasteiger partial charge is 0.261 e. The first-order valence-corrected chi connectivity index (χ1v) is 10.8. The summed E-state index contributed by atoms with van der Waals surface area (Å²) >= 11 is 1.45. The number of thiophene rings is 1. The van der Waals surface area contributed by atoms with Crippen molar-refractivity contribution in [3.63, 3.8) is 0 Å². The fraction of sp³-hybridized carbons (Fsp3) is 0.304. The third kappa shape index (κ3) is 5.08. The largest absolute Gasteiger partial charge is 0.343 e. The second kappa shape index (κ2) is 9.29. The van der Waals surface area contributed by atoms with Crippen molar-refractivity contribution in [3.8, 4) is 0 Å². The molecule has 0 unspecified atom stereocenters. The van der Waals surface area contributed by atoms with Gasteiger partial charge in [-0.3, -0.25) is 14.7 Å². The molecule has 150 valence electrons. The SMILES string of the molecule is O=C(N[C@H](c1ccccn1)C1CCN(Cc2cccc(F)c2)CC1)c1cccs1. The van der Waals surface area contributed by atoms with E-state index in [0.717, 1.165) is 48.6 Å². The number of hydrogen-bond acceptors (Lipinski definition) is 4. The number of nitrogens with zero attached hydrogens (tertiary/aromatic N) is 2. The van der Waals surface area contributed by atoms with E-state index in [9.17, 15) is 9.18 Å². The first-order valence-electron chi connectivity index (χ1n) is 9.91. The monoisotopic (exact) mass is 409 g/mol. The van der Waals surface area contributed by atoms with Crippen molar-refractivity contribution in [2.75, 3.05) is 13.1 Å². The summed E-state index contributed by atoms with van der Waals surface area (Å²) in [5.74, 6) is 0.0827. The molecule has 29 heavy (non-hydrogen) atoms. The van der Waals surface area contributed by atoms with E-state index in [0.29, 0.717) is 5.92 Å². The fourth-order valence-corrected chi connectivity index (χ4v) is 4.58. The summed E-state index contributed by atoms with van der Waals surface area (Å²) in [6, 6.07) is 16.3. The van der Waals surface area contributed by atoms with E-state index in [4.69, 9.17) is 0 Å². The number of halogens is 1.